The molecule has 1 aliphatic heterocycles. The van der Waals surface area contributed by atoms with Gasteiger partial charge in [0.1, 0.15) is 0 Å². The smallest absolute Gasteiger partial charge is 0.391 e. The Morgan fingerprint density at radius 2 is 1.85 bits per heavy atom. The van der Waals surface area contributed by atoms with E-state index in [1.165, 1.54) is 4.90 Å². The first-order chi connectivity index (χ1) is 9.21. The van der Waals surface area contributed by atoms with Gasteiger partial charge in [0.25, 0.3) is 0 Å². The van der Waals surface area contributed by atoms with Crippen molar-refractivity contribution in [1.82, 2.24) is 10.2 Å². The molecule has 1 aliphatic rings. The number of carbonyl (C=O) groups excluding carboxylic acids is 1. The van der Waals surface area contributed by atoms with Crippen LogP contribution in [-0.2, 0) is 4.79 Å². The standard InChI is InChI=1S/C11H17F3N2O4/c12-11(13,14)7-2-5-16(6-3-7)10(20)15-4-1-8(17)9(18)19/h7-8,17H,1-6H2,(H,15,20)(H,18,19). The lowest BCUT2D eigenvalue weighted by Crippen LogP contribution is -2.47. The zero-order chi connectivity index (χ0) is 15.3. The summed E-state index contributed by atoms with van der Waals surface area (Å²) in [5.74, 6) is -2.76. The van der Waals surface area contributed by atoms with Gasteiger partial charge in [-0.05, 0) is 12.8 Å². The van der Waals surface area contributed by atoms with E-state index in [4.69, 9.17) is 10.2 Å². The van der Waals surface area contributed by atoms with Crippen molar-refractivity contribution >= 4 is 12.0 Å². The van der Waals surface area contributed by atoms with Crippen molar-refractivity contribution in [2.75, 3.05) is 19.6 Å². The van der Waals surface area contributed by atoms with Gasteiger partial charge in [0.15, 0.2) is 6.10 Å². The van der Waals surface area contributed by atoms with Crippen LogP contribution in [0.3, 0.4) is 0 Å². The summed E-state index contributed by atoms with van der Waals surface area (Å²) in [5.41, 5.74) is 0. The van der Waals surface area contributed by atoms with Crippen molar-refractivity contribution in [3.05, 3.63) is 0 Å². The van der Waals surface area contributed by atoms with Crippen molar-refractivity contribution in [2.45, 2.75) is 31.5 Å². The fourth-order valence-electron chi connectivity index (χ4n) is 1.96. The molecule has 1 atom stereocenters. The first-order valence-electron chi connectivity index (χ1n) is 6.22. The van der Waals surface area contributed by atoms with Gasteiger partial charge < -0.3 is 20.4 Å². The lowest BCUT2D eigenvalue weighted by molar-refractivity contribution is -0.183. The molecule has 1 rings (SSSR count). The van der Waals surface area contributed by atoms with E-state index in [1.54, 1.807) is 0 Å². The van der Waals surface area contributed by atoms with Gasteiger partial charge in [0.05, 0.1) is 5.92 Å². The predicted molar refractivity (Wildman–Crippen MR) is 62.0 cm³/mol. The van der Waals surface area contributed by atoms with Crippen LogP contribution in [0.15, 0.2) is 0 Å². The van der Waals surface area contributed by atoms with Crippen LogP contribution in [0.25, 0.3) is 0 Å². The number of carbonyl (C=O) groups is 2. The van der Waals surface area contributed by atoms with Crippen LogP contribution in [0.1, 0.15) is 19.3 Å². The number of aliphatic carboxylic acids is 1. The summed E-state index contributed by atoms with van der Waals surface area (Å²) in [6, 6.07) is -0.539. The first kappa shape index (κ1) is 16.5. The summed E-state index contributed by atoms with van der Waals surface area (Å²) >= 11 is 0. The number of likely N-dealkylation sites (tertiary alicyclic amines) is 1. The van der Waals surface area contributed by atoms with Gasteiger partial charge in [0.2, 0.25) is 0 Å². The summed E-state index contributed by atoms with van der Waals surface area (Å²) in [6.07, 6.45) is -6.20. The van der Waals surface area contributed by atoms with Crippen LogP contribution in [0.4, 0.5) is 18.0 Å². The van der Waals surface area contributed by atoms with Crippen LogP contribution in [-0.4, -0.2) is 59.0 Å². The molecule has 20 heavy (non-hydrogen) atoms. The fourth-order valence-corrected chi connectivity index (χ4v) is 1.96. The van der Waals surface area contributed by atoms with E-state index >= 15 is 0 Å². The summed E-state index contributed by atoms with van der Waals surface area (Å²) in [4.78, 5) is 23.2. The number of rotatable bonds is 4. The molecular weight excluding hydrogens is 281 g/mol. The molecule has 1 saturated heterocycles. The maximum Gasteiger partial charge on any atom is 0.391 e. The van der Waals surface area contributed by atoms with Crippen molar-refractivity contribution < 1.29 is 33.0 Å². The molecule has 9 heteroatoms. The van der Waals surface area contributed by atoms with Gasteiger partial charge in [-0.15, -0.1) is 0 Å². The summed E-state index contributed by atoms with van der Waals surface area (Å²) in [5, 5.41) is 19.8. The molecule has 0 radical (unpaired) electrons. The van der Waals surface area contributed by atoms with Gasteiger partial charge in [-0.25, -0.2) is 9.59 Å². The molecule has 0 spiro atoms. The van der Waals surface area contributed by atoms with Crippen LogP contribution < -0.4 is 5.32 Å². The van der Waals surface area contributed by atoms with Crippen molar-refractivity contribution in [2.24, 2.45) is 5.92 Å². The van der Waals surface area contributed by atoms with Crippen molar-refractivity contribution in [3.8, 4) is 0 Å². The number of nitrogens with zero attached hydrogens (tertiary/aromatic N) is 1. The molecule has 6 nitrogen and oxygen atoms in total. The number of carboxylic acid groups (broad SMARTS) is 1. The van der Waals surface area contributed by atoms with Crippen LogP contribution >= 0.6 is 0 Å². The van der Waals surface area contributed by atoms with Gasteiger partial charge in [-0.1, -0.05) is 0 Å². The lowest BCUT2D eigenvalue weighted by Gasteiger charge is -2.32. The fraction of sp³-hybridized carbons (Fsp3) is 0.818. The Hall–Kier alpha value is -1.51. The number of alkyl halides is 3. The van der Waals surface area contributed by atoms with E-state index in [2.05, 4.69) is 5.32 Å². The van der Waals surface area contributed by atoms with E-state index in [9.17, 15) is 22.8 Å². The van der Waals surface area contributed by atoms with Crippen LogP contribution in [0.2, 0.25) is 0 Å². The molecular formula is C11H17F3N2O4. The highest BCUT2D eigenvalue weighted by atomic mass is 19.4. The molecule has 2 amide bonds. The third kappa shape index (κ3) is 4.87. The maximum absolute atomic E-state index is 12.4. The van der Waals surface area contributed by atoms with Crippen LogP contribution in [0, 0.1) is 5.92 Å². The van der Waals surface area contributed by atoms with E-state index in [1.807, 2.05) is 0 Å². The largest absolute Gasteiger partial charge is 0.479 e. The zero-order valence-corrected chi connectivity index (χ0v) is 10.7. The summed E-state index contributed by atoms with van der Waals surface area (Å²) < 4.78 is 37.3. The number of aliphatic hydroxyl groups excluding tert-OH is 1. The van der Waals surface area contributed by atoms with Crippen LogP contribution in [0.5, 0.6) is 0 Å². The average molecular weight is 298 g/mol. The number of hydrogen-bond donors (Lipinski definition) is 3. The lowest BCUT2D eigenvalue weighted by atomic mass is 9.96. The van der Waals surface area contributed by atoms with Crippen molar-refractivity contribution in [3.63, 3.8) is 0 Å². The first-order valence-corrected chi connectivity index (χ1v) is 6.22. The Labute approximate surface area is 113 Å². The number of nitrogens with one attached hydrogen (secondary N) is 1. The number of aliphatic hydroxyl groups is 1. The highest BCUT2D eigenvalue weighted by Crippen LogP contribution is 2.33. The third-order valence-electron chi connectivity index (χ3n) is 3.22. The quantitative estimate of drug-likeness (QED) is 0.716. The average Bonchev–Trinajstić information content (AvgIpc) is 2.37. The SMILES string of the molecule is O=C(O)C(O)CCNC(=O)N1CCC(C(F)(F)F)CC1. The summed E-state index contributed by atoms with van der Waals surface area (Å²) in [7, 11) is 0. The second-order valence-electron chi connectivity index (χ2n) is 4.68. The second-order valence-corrected chi connectivity index (χ2v) is 4.68. The van der Waals surface area contributed by atoms with Gasteiger partial charge in [-0.3, -0.25) is 0 Å². The van der Waals surface area contributed by atoms with Gasteiger partial charge in [-0.2, -0.15) is 13.2 Å². The number of hydrogen-bond acceptors (Lipinski definition) is 3. The number of urea groups is 1. The minimum Gasteiger partial charge on any atom is -0.479 e. The van der Waals surface area contributed by atoms with Gasteiger partial charge in [0, 0.05) is 26.1 Å². The normalized spacial score (nSPS) is 18.7. The van der Waals surface area contributed by atoms with E-state index in [-0.39, 0.29) is 38.9 Å². The Bertz CT molecular complexity index is 354. The zero-order valence-electron chi connectivity index (χ0n) is 10.7. The van der Waals surface area contributed by atoms with Crippen molar-refractivity contribution in [1.29, 1.82) is 0 Å². The predicted octanol–water partition coefficient (Wildman–Crippen LogP) is 0.806. The van der Waals surface area contributed by atoms with E-state index in [0.29, 0.717) is 0 Å². The molecule has 1 heterocycles. The molecule has 0 bridgehead atoms. The van der Waals surface area contributed by atoms with Gasteiger partial charge >= 0.3 is 18.2 Å². The number of halogens is 3. The minimum atomic E-state index is -4.23. The third-order valence-corrected chi connectivity index (χ3v) is 3.22. The maximum atomic E-state index is 12.4. The molecule has 0 aliphatic carbocycles. The number of piperidine rings is 1. The molecule has 0 aromatic carbocycles. The number of carboxylic acids is 1. The topological polar surface area (TPSA) is 89.9 Å². The Morgan fingerprint density at radius 3 is 2.30 bits per heavy atom. The molecule has 116 valence electrons. The Balaban J connectivity index is 2.28. The monoisotopic (exact) mass is 298 g/mol. The molecule has 0 aromatic heterocycles. The molecule has 0 aromatic rings. The molecule has 0 saturated carbocycles. The molecule has 1 unspecified atom stereocenters. The van der Waals surface area contributed by atoms with E-state index in [0.717, 1.165) is 0 Å². The molecule has 3 N–H and O–H groups in total. The molecule has 1 fully saturated rings. The Kier molecular flexibility index (Phi) is 5.61. The summed E-state index contributed by atoms with van der Waals surface area (Å²) in [6.45, 7) is -0.0273. The number of amides is 2. The van der Waals surface area contributed by atoms with E-state index < -0.39 is 30.2 Å². The second kappa shape index (κ2) is 6.78. The Morgan fingerprint density at radius 1 is 1.30 bits per heavy atom. The highest BCUT2D eigenvalue weighted by molar-refractivity contribution is 5.74. The minimum absolute atomic E-state index is 0.0114. The highest BCUT2D eigenvalue weighted by Gasteiger charge is 2.41.